The number of methoxy groups -OCH3 is 1. The first kappa shape index (κ1) is 17.4. The SMILES string of the molecule is COc1cc(/C=C/c2ccc3ccccc3n2)cc(I)c1OC(C)=O. The maximum absolute atomic E-state index is 11.2. The molecule has 0 saturated heterocycles. The molecule has 0 saturated carbocycles. The van der Waals surface area contributed by atoms with Gasteiger partial charge in [-0.2, -0.15) is 0 Å². The Morgan fingerprint density at radius 2 is 1.92 bits per heavy atom. The molecule has 0 atom stereocenters. The number of hydrogen-bond acceptors (Lipinski definition) is 4. The van der Waals surface area contributed by atoms with E-state index in [0.717, 1.165) is 25.7 Å². The fraction of sp³-hybridized carbons (Fsp3) is 0.100. The third kappa shape index (κ3) is 4.17. The Bertz CT molecular complexity index is 966. The van der Waals surface area contributed by atoms with Gasteiger partial charge in [-0.15, -0.1) is 0 Å². The van der Waals surface area contributed by atoms with Gasteiger partial charge in [-0.05, 0) is 58.5 Å². The van der Waals surface area contributed by atoms with Gasteiger partial charge in [-0.1, -0.05) is 30.3 Å². The first-order valence-electron chi connectivity index (χ1n) is 7.66. The van der Waals surface area contributed by atoms with Crippen LogP contribution in [0.2, 0.25) is 0 Å². The summed E-state index contributed by atoms with van der Waals surface area (Å²) < 4.78 is 11.4. The number of hydrogen-bond donors (Lipinski definition) is 0. The number of halogens is 1. The Morgan fingerprint density at radius 1 is 1.12 bits per heavy atom. The predicted octanol–water partition coefficient (Wildman–Crippen LogP) is 4.94. The maximum atomic E-state index is 11.2. The molecule has 5 heteroatoms. The standard InChI is InChI=1S/C20H16INO3/c1-13(23)25-20-17(21)11-14(12-19(20)24-2)7-9-16-10-8-15-5-3-4-6-18(15)22-16/h3-12H,1-2H3/b9-7+. The van der Waals surface area contributed by atoms with Crippen molar-refractivity contribution in [3.8, 4) is 11.5 Å². The molecule has 25 heavy (non-hydrogen) atoms. The lowest BCUT2D eigenvalue weighted by atomic mass is 10.1. The van der Waals surface area contributed by atoms with Gasteiger partial charge < -0.3 is 9.47 Å². The molecule has 4 nitrogen and oxygen atoms in total. The molecule has 1 aromatic heterocycles. The molecular weight excluding hydrogens is 429 g/mol. The average molecular weight is 445 g/mol. The monoisotopic (exact) mass is 445 g/mol. The molecule has 0 radical (unpaired) electrons. The predicted molar refractivity (Wildman–Crippen MR) is 108 cm³/mol. The zero-order valence-corrected chi connectivity index (χ0v) is 16.0. The van der Waals surface area contributed by atoms with Crippen LogP contribution in [0.1, 0.15) is 18.2 Å². The normalized spacial score (nSPS) is 11.0. The highest BCUT2D eigenvalue weighted by atomic mass is 127. The van der Waals surface area contributed by atoms with Crippen molar-refractivity contribution in [3.05, 3.63) is 63.4 Å². The molecule has 1 heterocycles. The first-order valence-corrected chi connectivity index (χ1v) is 8.74. The lowest BCUT2D eigenvalue weighted by Gasteiger charge is -2.11. The zero-order valence-electron chi connectivity index (χ0n) is 13.8. The number of para-hydroxylation sites is 1. The summed E-state index contributed by atoms with van der Waals surface area (Å²) in [6.45, 7) is 1.37. The molecule has 0 aliphatic carbocycles. The third-order valence-corrected chi connectivity index (χ3v) is 4.37. The van der Waals surface area contributed by atoms with Gasteiger partial charge in [0, 0.05) is 12.3 Å². The number of carbonyl (C=O) groups is 1. The molecule has 0 bridgehead atoms. The van der Waals surface area contributed by atoms with Gasteiger partial charge in [-0.25, -0.2) is 4.98 Å². The molecule has 0 spiro atoms. The van der Waals surface area contributed by atoms with Crippen LogP contribution in [0.5, 0.6) is 11.5 Å². The van der Waals surface area contributed by atoms with E-state index in [1.54, 1.807) is 7.11 Å². The van der Waals surface area contributed by atoms with Crippen molar-refractivity contribution in [1.29, 1.82) is 0 Å². The van der Waals surface area contributed by atoms with E-state index in [1.165, 1.54) is 6.92 Å². The largest absolute Gasteiger partial charge is 0.493 e. The summed E-state index contributed by atoms with van der Waals surface area (Å²) >= 11 is 2.13. The van der Waals surface area contributed by atoms with Crippen LogP contribution < -0.4 is 9.47 Å². The van der Waals surface area contributed by atoms with Crippen molar-refractivity contribution in [3.63, 3.8) is 0 Å². The van der Waals surface area contributed by atoms with Gasteiger partial charge in [0.1, 0.15) is 0 Å². The first-order chi connectivity index (χ1) is 12.1. The van der Waals surface area contributed by atoms with Crippen LogP contribution in [0.4, 0.5) is 0 Å². The smallest absolute Gasteiger partial charge is 0.308 e. The van der Waals surface area contributed by atoms with E-state index < -0.39 is 0 Å². The highest BCUT2D eigenvalue weighted by molar-refractivity contribution is 14.1. The highest BCUT2D eigenvalue weighted by Crippen LogP contribution is 2.34. The zero-order chi connectivity index (χ0) is 17.8. The Kier molecular flexibility index (Phi) is 5.33. The van der Waals surface area contributed by atoms with Crippen molar-refractivity contribution in [2.24, 2.45) is 0 Å². The van der Waals surface area contributed by atoms with E-state index in [4.69, 9.17) is 9.47 Å². The summed E-state index contributed by atoms with van der Waals surface area (Å²) in [5, 5.41) is 1.11. The van der Waals surface area contributed by atoms with Crippen LogP contribution in [-0.2, 0) is 4.79 Å². The fourth-order valence-electron chi connectivity index (χ4n) is 2.44. The minimum atomic E-state index is -0.375. The second-order valence-electron chi connectivity index (χ2n) is 5.39. The van der Waals surface area contributed by atoms with Crippen molar-refractivity contribution in [2.75, 3.05) is 7.11 Å². The second-order valence-corrected chi connectivity index (χ2v) is 6.55. The summed E-state index contributed by atoms with van der Waals surface area (Å²) in [5.41, 5.74) is 2.77. The number of rotatable bonds is 4. The summed E-state index contributed by atoms with van der Waals surface area (Å²) in [6, 6.07) is 15.8. The van der Waals surface area contributed by atoms with Gasteiger partial charge in [0.25, 0.3) is 0 Å². The molecule has 0 N–H and O–H groups in total. The van der Waals surface area contributed by atoms with Gasteiger partial charge in [-0.3, -0.25) is 4.79 Å². The lowest BCUT2D eigenvalue weighted by Crippen LogP contribution is -2.04. The van der Waals surface area contributed by atoms with Crippen LogP contribution in [0.15, 0.2) is 48.5 Å². The molecule has 0 fully saturated rings. The van der Waals surface area contributed by atoms with E-state index in [0.29, 0.717) is 11.5 Å². The number of ether oxygens (including phenoxy) is 2. The second kappa shape index (κ2) is 7.65. The summed E-state index contributed by atoms with van der Waals surface area (Å²) in [7, 11) is 1.55. The topological polar surface area (TPSA) is 48.4 Å². The molecule has 0 unspecified atom stereocenters. The molecular formula is C20H16INO3. The highest BCUT2D eigenvalue weighted by Gasteiger charge is 2.12. The third-order valence-electron chi connectivity index (χ3n) is 3.56. The van der Waals surface area contributed by atoms with Gasteiger partial charge >= 0.3 is 5.97 Å². The van der Waals surface area contributed by atoms with Crippen LogP contribution in [0.25, 0.3) is 23.1 Å². The number of nitrogens with zero attached hydrogens (tertiary/aromatic N) is 1. The number of aromatic nitrogens is 1. The van der Waals surface area contributed by atoms with Crippen LogP contribution in [0, 0.1) is 3.57 Å². The number of benzene rings is 2. The Labute approximate surface area is 159 Å². The molecule has 0 amide bonds. The average Bonchev–Trinajstić information content (AvgIpc) is 2.61. The molecule has 2 aromatic carbocycles. The van der Waals surface area contributed by atoms with Gasteiger partial charge in [0.2, 0.25) is 0 Å². The van der Waals surface area contributed by atoms with Crippen molar-refractivity contribution in [1.82, 2.24) is 4.98 Å². The minimum absolute atomic E-state index is 0.375. The molecule has 126 valence electrons. The van der Waals surface area contributed by atoms with E-state index >= 15 is 0 Å². The van der Waals surface area contributed by atoms with Crippen molar-refractivity contribution < 1.29 is 14.3 Å². The van der Waals surface area contributed by atoms with E-state index in [2.05, 4.69) is 33.6 Å². The number of carbonyl (C=O) groups excluding carboxylic acids is 1. The van der Waals surface area contributed by atoms with Crippen LogP contribution >= 0.6 is 22.6 Å². The van der Waals surface area contributed by atoms with Crippen LogP contribution in [-0.4, -0.2) is 18.1 Å². The number of pyridine rings is 1. The van der Waals surface area contributed by atoms with Crippen molar-refractivity contribution >= 4 is 51.6 Å². The maximum Gasteiger partial charge on any atom is 0.308 e. The summed E-state index contributed by atoms with van der Waals surface area (Å²) in [4.78, 5) is 15.9. The minimum Gasteiger partial charge on any atom is -0.493 e. The van der Waals surface area contributed by atoms with Gasteiger partial charge in [0.05, 0.1) is 21.9 Å². The van der Waals surface area contributed by atoms with Crippen molar-refractivity contribution in [2.45, 2.75) is 6.92 Å². The Morgan fingerprint density at radius 3 is 2.68 bits per heavy atom. The molecule has 0 aliphatic rings. The summed E-state index contributed by atoms with van der Waals surface area (Å²) in [6.07, 6.45) is 3.90. The quantitative estimate of drug-likeness (QED) is 0.324. The van der Waals surface area contributed by atoms with Crippen LogP contribution in [0.3, 0.4) is 0 Å². The number of fused-ring (bicyclic) bond motifs is 1. The molecule has 3 aromatic rings. The molecule has 3 rings (SSSR count). The fourth-order valence-corrected chi connectivity index (χ4v) is 3.17. The summed E-state index contributed by atoms with van der Waals surface area (Å²) in [5.74, 6) is 0.588. The lowest BCUT2D eigenvalue weighted by molar-refractivity contribution is -0.132. The number of esters is 1. The van der Waals surface area contributed by atoms with E-state index in [9.17, 15) is 4.79 Å². The van der Waals surface area contributed by atoms with E-state index in [1.807, 2.05) is 54.6 Å². The Hall–Kier alpha value is -2.41. The van der Waals surface area contributed by atoms with Gasteiger partial charge in [0.15, 0.2) is 11.5 Å². The Balaban J connectivity index is 1.91. The van der Waals surface area contributed by atoms with E-state index in [-0.39, 0.29) is 5.97 Å². The molecule has 0 aliphatic heterocycles.